The van der Waals surface area contributed by atoms with E-state index in [1.54, 1.807) is 7.11 Å². The summed E-state index contributed by atoms with van der Waals surface area (Å²) in [5.41, 5.74) is 1.55. The smallest absolute Gasteiger partial charge is 0.262 e. The van der Waals surface area contributed by atoms with Crippen LogP contribution in [0.1, 0.15) is 0 Å². The van der Waals surface area contributed by atoms with Crippen molar-refractivity contribution < 1.29 is 14.6 Å². The van der Waals surface area contributed by atoms with E-state index >= 15 is 0 Å². The average Bonchev–Trinajstić information content (AvgIpc) is 3.19. The van der Waals surface area contributed by atoms with Crippen molar-refractivity contribution in [2.45, 2.75) is 12.6 Å². The molecule has 0 bridgehead atoms. The third-order valence-corrected chi connectivity index (χ3v) is 5.99. The minimum Gasteiger partial charge on any atom is -0.497 e. The molecule has 8 heteroatoms. The van der Waals surface area contributed by atoms with Gasteiger partial charge < -0.3 is 14.6 Å². The lowest BCUT2D eigenvalue weighted by atomic mass is 10.1. The number of fused-ring (bicyclic) bond motifs is 1. The van der Waals surface area contributed by atoms with Crippen molar-refractivity contribution in [1.29, 1.82) is 0 Å². The van der Waals surface area contributed by atoms with Crippen LogP contribution in [0.5, 0.6) is 11.5 Å². The molecule has 0 unspecified atom stereocenters. The summed E-state index contributed by atoms with van der Waals surface area (Å²) in [4.78, 5) is 18.2. The molecule has 0 saturated carbocycles. The minimum absolute atomic E-state index is 0.0654. The zero-order valence-corrected chi connectivity index (χ0v) is 18.5. The maximum absolute atomic E-state index is 13.1. The highest BCUT2D eigenvalue weighted by atomic mass is 79.9. The predicted molar refractivity (Wildman–Crippen MR) is 122 cm³/mol. The van der Waals surface area contributed by atoms with E-state index < -0.39 is 6.10 Å². The number of methoxy groups -OCH3 is 1. The van der Waals surface area contributed by atoms with Gasteiger partial charge in [-0.15, -0.1) is 11.3 Å². The van der Waals surface area contributed by atoms with E-state index in [1.807, 2.05) is 53.9 Å². The van der Waals surface area contributed by atoms with Gasteiger partial charge in [0.15, 0.2) is 0 Å². The van der Waals surface area contributed by atoms with Crippen LogP contribution in [0.15, 0.2) is 69.5 Å². The lowest BCUT2D eigenvalue weighted by Crippen LogP contribution is -2.30. The third kappa shape index (κ3) is 4.40. The number of aliphatic hydroxyl groups is 1. The zero-order valence-electron chi connectivity index (χ0n) is 16.1. The van der Waals surface area contributed by atoms with E-state index in [9.17, 15) is 9.90 Å². The number of aromatic nitrogens is 2. The lowest BCUT2D eigenvalue weighted by Gasteiger charge is -2.14. The normalized spacial score (nSPS) is 12.1. The van der Waals surface area contributed by atoms with Gasteiger partial charge in [0, 0.05) is 15.4 Å². The van der Waals surface area contributed by atoms with Crippen molar-refractivity contribution in [3.8, 4) is 22.6 Å². The highest BCUT2D eigenvalue weighted by Gasteiger charge is 2.15. The molecule has 0 aliphatic carbocycles. The summed E-state index contributed by atoms with van der Waals surface area (Å²) in [5, 5.41) is 12.9. The number of halogens is 1. The van der Waals surface area contributed by atoms with Crippen molar-refractivity contribution in [2.75, 3.05) is 13.7 Å². The number of hydrogen-bond donors (Lipinski definition) is 1. The molecule has 154 valence electrons. The van der Waals surface area contributed by atoms with Crippen molar-refractivity contribution in [3.05, 3.63) is 75.1 Å². The van der Waals surface area contributed by atoms with E-state index in [4.69, 9.17) is 9.47 Å². The Balaban J connectivity index is 1.56. The van der Waals surface area contributed by atoms with Gasteiger partial charge in [-0.25, -0.2) is 4.98 Å². The highest BCUT2D eigenvalue weighted by molar-refractivity contribution is 9.10. The Bertz CT molecular complexity index is 1220. The largest absolute Gasteiger partial charge is 0.497 e. The quantitative estimate of drug-likeness (QED) is 0.420. The topological polar surface area (TPSA) is 73.6 Å². The van der Waals surface area contributed by atoms with Crippen LogP contribution >= 0.6 is 27.3 Å². The molecule has 0 fully saturated rings. The van der Waals surface area contributed by atoms with Gasteiger partial charge in [0.1, 0.15) is 29.0 Å². The van der Waals surface area contributed by atoms with Crippen LogP contribution in [0, 0.1) is 0 Å². The monoisotopic (exact) mass is 486 g/mol. The second kappa shape index (κ2) is 8.99. The van der Waals surface area contributed by atoms with Crippen LogP contribution < -0.4 is 15.0 Å². The fourth-order valence-corrected chi connectivity index (χ4v) is 4.39. The van der Waals surface area contributed by atoms with Gasteiger partial charge in [0.2, 0.25) is 0 Å². The summed E-state index contributed by atoms with van der Waals surface area (Å²) < 4.78 is 13.1. The highest BCUT2D eigenvalue weighted by Crippen LogP contribution is 2.31. The van der Waals surface area contributed by atoms with E-state index in [1.165, 1.54) is 22.2 Å². The Morgan fingerprint density at radius 2 is 2.00 bits per heavy atom. The molecule has 0 saturated heterocycles. The van der Waals surface area contributed by atoms with Gasteiger partial charge in [-0.05, 0) is 35.9 Å². The fraction of sp³-hybridized carbons (Fsp3) is 0.182. The Kier molecular flexibility index (Phi) is 6.17. The summed E-state index contributed by atoms with van der Waals surface area (Å²) in [6, 6.07) is 14.9. The first-order valence-electron chi connectivity index (χ1n) is 9.22. The number of rotatable bonds is 7. The SMILES string of the molecule is COc1ccc(-c2csc3ncn(C[C@@H](O)COc4cccc(Br)c4)c(=O)c23)cc1. The maximum Gasteiger partial charge on any atom is 0.262 e. The van der Waals surface area contributed by atoms with Crippen molar-refractivity contribution in [2.24, 2.45) is 0 Å². The molecular formula is C22H19BrN2O4S. The summed E-state index contributed by atoms with van der Waals surface area (Å²) >= 11 is 4.81. The molecule has 2 aromatic carbocycles. The second-order valence-corrected chi connectivity index (χ2v) is 8.46. The molecule has 0 spiro atoms. The molecule has 1 atom stereocenters. The number of hydrogen-bond acceptors (Lipinski definition) is 6. The Morgan fingerprint density at radius 3 is 2.73 bits per heavy atom. The van der Waals surface area contributed by atoms with Crippen LogP contribution in [0.2, 0.25) is 0 Å². The number of nitrogens with zero attached hydrogens (tertiary/aromatic N) is 2. The van der Waals surface area contributed by atoms with Crippen LogP contribution in [0.4, 0.5) is 0 Å². The van der Waals surface area contributed by atoms with Gasteiger partial charge in [-0.2, -0.15) is 0 Å². The van der Waals surface area contributed by atoms with Gasteiger partial charge >= 0.3 is 0 Å². The molecule has 4 rings (SSSR count). The van der Waals surface area contributed by atoms with Crippen LogP contribution in [0.3, 0.4) is 0 Å². The molecule has 2 aromatic heterocycles. The van der Waals surface area contributed by atoms with E-state index in [2.05, 4.69) is 20.9 Å². The molecule has 30 heavy (non-hydrogen) atoms. The molecule has 1 N–H and O–H groups in total. The molecule has 0 amide bonds. The molecule has 2 heterocycles. The van der Waals surface area contributed by atoms with Crippen LogP contribution in [0.25, 0.3) is 21.3 Å². The van der Waals surface area contributed by atoms with E-state index in [0.717, 1.165) is 21.3 Å². The number of thiophene rings is 1. The molecule has 0 radical (unpaired) electrons. The minimum atomic E-state index is -0.857. The Labute approximate surface area is 185 Å². The number of ether oxygens (including phenoxy) is 2. The zero-order chi connectivity index (χ0) is 21.1. The molecular weight excluding hydrogens is 468 g/mol. The van der Waals surface area contributed by atoms with Gasteiger partial charge in [-0.3, -0.25) is 9.36 Å². The summed E-state index contributed by atoms with van der Waals surface area (Å²) in [5.74, 6) is 1.39. The van der Waals surface area contributed by atoms with Crippen molar-refractivity contribution in [1.82, 2.24) is 9.55 Å². The summed E-state index contributed by atoms with van der Waals surface area (Å²) in [7, 11) is 1.61. The van der Waals surface area contributed by atoms with Crippen molar-refractivity contribution in [3.63, 3.8) is 0 Å². The van der Waals surface area contributed by atoms with Crippen molar-refractivity contribution >= 4 is 37.5 Å². The van der Waals surface area contributed by atoms with Gasteiger partial charge in [0.05, 0.1) is 25.4 Å². The fourth-order valence-electron chi connectivity index (χ4n) is 3.11. The van der Waals surface area contributed by atoms with Crippen LogP contribution in [-0.4, -0.2) is 34.5 Å². The molecule has 4 aromatic rings. The predicted octanol–water partition coefficient (Wildman–Crippen LogP) is 4.34. The maximum atomic E-state index is 13.1. The Hall–Kier alpha value is -2.68. The number of aliphatic hydroxyl groups excluding tert-OH is 1. The van der Waals surface area contributed by atoms with Gasteiger partial charge in [-0.1, -0.05) is 34.1 Å². The van der Waals surface area contributed by atoms with Gasteiger partial charge in [0.25, 0.3) is 5.56 Å². The van der Waals surface area contributed by atoms with E-state index in [-0.39, 0.29) is 18.7 Å². The molecule has 0 aliphatic rings. The summed E-state index contributed by atoms with van der Waals surface area (Å²) in [6.45, 7) is 0.156. The third-order valence-electron chi connectivity index (χ3n) is 4.61. The molecule has 0 aliphatic heterocycles. The first-order chi connectivity index (χ1) is 14.5. The lowest BCUT2D eigenvalue weighted by molar-refractivity contribution is 0.0914. The standard InChI is InChI=1S/C22H19BrN2O4S/c1-28-17-7-5-14(6-8-17)19-12-30-21-20(19)22(27)25(13-24-21)10-16(26)11-29-18-4-2-3-15(23)9-18/h2-9,12-13,16,26H,10-11H2,1H3/t16-/m1/s1. The van der Waals surface area contributed by atoms with E-state index in [0.29, 0.717) is 16.0 Å². The summed E-state index contributed by atoms with van der Waals surface area (Å²) in [6.07, 6.45) is 0.616. The first kappa shape index (κ1) is 20.6. The molecule has 6 nitrogen and oxygen atoms in total. The van der Waals surface area contributed by atoms with Crippen LogP contribution in [-0.2, 0) is 6.54 Å². The Morgan fingerprint density at radius 1 is 1.20 bits per heavy atom. The second-order valence-electron chi connectivity index (χ2n) is 6.68. The first-order valence-corrected chi connectivity index (χ1v) is 10.9. The number of benzene rings is 2. The average molecular weight is 487 g/mol.